The molecule has 0 N–H and O–H groups in total. The van der Waals surface area contributed by atoms with Gasteiger partial charge in [0.05, 0.1) is 30.9 Å². The van der Waals surface area contributed by atoms with Crippen LogP contribution < -0.4 is 19.0 Å². The smallest absolute Gasteiger partial charge is 0.325 e. The minimum atomic E-state index is -0.438. The number of hydrogen-bond donors (Lipinski definition) is 0. The van der Waals surface area contributed by atoms with Crippen LogP contribution in [0.1, 0.15) is 11.1 Å². The number of nitrogens with zero attached hydrogens (tertiary/aromatic N) is 2. The summed E-state index contributed by atoms with van der Waals surface area (Å²) in [6, 6.07) is 9.18. The molecule has 1 aromatic heterocycles. The molecule has 156 valence electrons. The molecule has 1 aliphatic rings. The van der Waals surface area contributed by atoms with Crippen molar-refractivity contribution in [1.82, 2.24) is 4.57 Å². The van der Waals surface area contributed by atoms with Crippen LogP contribution in [-0.2, 0) is 27.3 Å². The van der Waals surface area contributed by atoms with Gasteiger partial charge < -0.3 is 23.5 Å². The molecule has 9 heteroatoms. The molecule has 0 fully saturated rings. The van der Waals surface area contributed by atoms with Gasteiger partial charge in [-0.3, -0.25) is 9.59 Å². The average molecular weight is 428 g/mol. The Hall–Kier alpha value is -3.33. The fraction of sp³-hybridized carbons (Fsp3) is 0.286. The molecule has 0 radical (unpaired) electrons. The van der Waals surface area contributed by atoms with Crippen LogP contribution in [-0.4, -0.2) is 37.5 Å². The topological polar surface area (TPSA) is 88.4 Å². The normalized spacial score (nSPS) is 13.0. The van der Waals surface area contributed by atoms with Crippen molar-refractivity contribution in [2.24, 2.45) is 4.99 Å². The Morgan fingerprint density at radius 3 is 2.63 bits per heavy atom. The van der Waals surface area contributed by atoms with Crippen molar-refractivity contribution in [2.75, 3.05) is 21.0 Å². The van der Waals surface area contributed by atoms with Gasteiger partial charge in [-0.25, -0.2) is 0 Å². The first kappa shape index (κ1) is 20.0. The molecule has 2 heterocycles. The molecule has 4 rings (SSSR count). The van der Waals surface area contributed by atoms with Gasteiger partial charge in [0.1, 0.15) is 12.3 Å². The van der Waals surface area contributed by atoms with Crippen molar-refractivity contribution < 1.29 is 28.5 Å². The average Bonchev–Trinajstić information content (AvgIpc) is 3.30. The van der Waals surface area contributed by atoms with E-state index >= 15 is 0 Å². The summed E-state index contributed by atoms with van der Waals surface area (Å²) in [5.74, 6) is 1.23. The second-order valence-corrected chi connectivity index (χ2v) is 7.72. The van der Waals surface area contributed by atoms with E-state index in [1.165, 1.54) is 18.4 Å². The second-order valence-electron chi connectivity index (χ2n) is 6.71. The highest BCUT2D eigenvalue weighted by Crippen LogP contribution is 2.37. The van der Waals surface area contributed by atoms with E-state index in [2.05, 4.69) is 4.99 Å². The molecule has 1 amide bonds. The Balaban J connectivity index is 1.71. The van der Waals surface area contributed by atoms with E-state index < -0.39 is 5.97 Å². The van der Waals surface area contributed by atoms with Gasteiger partial charge in [-0.05, 0) is 24.1 Å². The highest BCUT2D eigenvalue weighted by atomic mass is 32.1. The van der Waals surface area contributed by atoms with Gasteiger partial charge in [-0.15, -0.1) is 0 Å². The van der Waals surface area contributed by atoms with Gasteiger partial charge in [0.15, 0.2) is 16.3 Å². The third kappa shape index (κ3) is 3.88. The van der Waals surface area contributed by atoms with E-state index in [9.17, 15) is 9.59 Å². The van der Waals surface area contributed by atoms with E-state index in [-0.39, 0.29) is 25.7 Å². The van der Waals surface area contributed by atoms with Crippen LogP contribution in [0.25, 0.3) is 10.2 Å². The lowest BCUT2D eigenvalue weighted by molar-refractivity contribution is -0.141. The molecule has 0 spiro atoms. The van der Waals surface area contributed by atoms with Crippen LogP contribution in [0.5, 0.6) is 17.2 Å². The number of methoxy groups -OCH3 is 2. The van der Waals surface area contributed by atoms with E-state index in [0.717, 1.165) is 27.1 Å². The highest BCUT2D eigenvalue weighted by molar-refractivity contribution is 7.16. The predicted octanol–water partition coefficient (Wildman–Crippen LogP) is 2.59. The summed E-state index contributed by atoms with van der Waals surface area (Å²) >= 11 is 1.30. The molecule has 8 nitrogen and oxygen atoms in total. The van der Waals surface area contributed by atoms with Crippen molar-refractivity contribution in [1.29, 1.82) is 0 Å². The van der Waals surface area contributed by atoms with Gasteiger partial charge in [-0.2, -0.15) is 4.99 Å². The molecule has 0 unspecified atom stereocenters. The Kier molecular flexibility index (Phi) is 5.45. The Labute approximate surface area is 176 Å². The molecule has 0 bridgehead atoms. The zero-order valence-electron chi connectivity index (χ0n) is 16.8. The number of amides is 1. The van der Waals surface area contributed by atoms with Crippen LogP contribution in [0, 0.1) is 6.92 Å². The Morgan fingerprint density at radius 1 is 1.17 bits per heavy atom. The van der Waals surface area contributed by atoms with Gasteiger partial charge in [0, 0.05) is 12.1 Å². The third-order valence-corrected chi connectivity index (χ3v) is 5.77. The number of aryl methyl sites for hydroxylation is 1. The number of ether oxygens (including phenoxy) is 4. The number of thiazole rings is 1. The first-order chi connectivity index (χ1) is 14.5. The van der Waals surface area contributed by atoms with Gasteiger partial charge in [0.2, 0.25) is 6.79 Å². The summed E-state index contributed by atoms with van der Waals surface area (Å²) in [5.41, 5.74) is 2.50. The standard InChI is InChI=1S/C21H20N2O6S/c1-12-6-13(4-5-15(12)26-2)7-19(24)22-21-23(10-20(25)27-3)14-8-16-17(29-11-28-16)9-18(14)30-21/h4-6,8-9H,7,10-11H2,1-3H3. The first-order valence-corrected chi connectivity index (χ1v) is 10.0. The molecule has 2 aromatic carbocycles. The maximum Gasteiger partial charge on any atom is 0.325 e. The summed E-state index contributed by atoms with van der Waals surface area (Å²) in [7, 11) is 2.93. The number of benzene rings is 2. The monoisotopic (exact) mass is 428 g/mol. The van der Waals surface area contributed by atoms with Crippen molar-refractivity contribution in [3.8, 4) is 17.2 Å². The predicted molar refractivity (Wildman–Crippen MR) is 110 cm³/mol. The van der Waals surface area contributed by atoms with Crippen LogP contribution in [0.15, 0.2) is 35.3 Å². The van der Waals surface area contributed by atoms with Gasteiger partial charge >= 0.3 is 5.97 Å². The van der Waals surface area contributed by atoms with Crippen molar-refractivity contribution in [3.05, 3.63) is 46.3 Å². The zero-order valence-corrected chi connectivity index (χ0v) is 17.6. The van der Waals surface area contributed by atoms with E-state index in [4.69, 9.17) is 18.9 Å². The quantitative estimate of drug-likeness (QED) is 0.581. The molecule has 30 heavy (non-hydrogen) atoms. The minimum absolute atomic E-state index is 0.0656. The Bertz CT molecular complexity index is 1210. The second kappa shape index (κ2) is 8.19. The summed E-state index contributed by atoms with van der Waals surface area (Å²) in [6.45, 7) is 2.01. The number of fused-ring (bicyclic) bond motifs is 2. The summed E-state index contributed by atoms with van der Waals surface area (Å²) < 4.78 is 23.4. The Morgan fingerprint density at radius 2 is 1.93 bits per heavy atom. The number of esters is 1. The number of aromatic nitrogens is 1. The van der Waals surface area contributed by atoms with Crippen molar-refractivity contribution in [2.45, 2.75) is 19.9 Å². The summed E-state index contributed by atoms with van der Waals surface area (Å²) in [6.07, 6.45) is 0.139. The van der Waals surface area contributed by atoms with Gasteiger partial charge in [-0.1, -0.05) is 23.5 Å². The maximum atomic E-state index is 12.7. The van der Waals surface area contributed by atoms with E-state index in [1.54, 1.807) is 17.7 Å². The molecular weight excluding hydrogens is 408 g/mol. The largest absolute Gasteiger partial charge is 0.496 e. The number of hydrogen-bond acceptors (Lipinski definition) is 7. The molecule has 0 saturated heterocycles. The highest BCUT2D eigenvalue weighted by Gasteiger charge is 2.19. The minimum Gasteiger partial charge on any atom is -0.496 e. The molecular formula is C21H20N2O6S. The fourth-order valence-electron chi connectivity index (χ4n) is 3.26. The molecule has 0 saturated carbocycles. The van der Waals surface area contributed by atoms with Crippen LogP contribution in [0.4, 0.5) is 0 Å². The molecule has 3 aromatic rings. The van der Waals surface area contributed by atoms with E-state index in [1.807, 2.05) is 31.2 Å². The molecule has 0 atom stereocenters. The van der Waals surface area contributed by atoms with Gasteiger partial charge in [0.25, 0.3) is 5.91 Å². The van der Waals surface area contributed by atoms with Crippen molar-refractivity contribution >= 4 is 33.4 Å². The molecule has 1 aliphatic heterocycles. The number of carbonyl (C=O) groups excluding carboxylic acids is 2. The lowest BCUT2D eigenvalue weighted by Crippen LogP contribution is -2.22. The number of carbonyl (C=O) groups is 2. The first-order valence-electron chi connectivity index (χ1n) is 9.19. The lowest BCUT2D eigenvalue weighted by atomic mass is 10.1. The van der Waals surface area contributed by atoms with E-state index in [0.29, 0.717) is 16.3 Å². The van der Waals surface area contributed by atoms with Crippen LogP contribution >= 0.6 is 11.3 Å². The van der Waals surface area contributed by atoms with Crippen molar-refractivity contribution in [3.63, 3.8) is 0 Å². The number of rotatable bonds is 5. The van der Waals surface area contributed by atoms with Crippen LogP contribution in [0.2, 0.25) is 0 Å². The summed E-state index contributed by atoms with van der Waals surface area (Å²) in [5, 5.41) is 0. The third-order valence-electron chi connectivity index (χ3n) is 4.73. The summed E-state index contributed by atoms with van der Waals surface area (Å²) in [4.78, 5) is 29.3. The zero-order chi connectivity index (χ0) is 21.3. The molecule has 0 aliphatic carbocycles. The SMILES string of the molecule is COC(=O)Cn1c(=NC(=O)Cc2ccc(OC)c(C)c2)sc2cc3c(cc21)OCO3. The fourth-order valence-corrected chi connectivity index (χ4v) is 4.32. The lowest BCUT2D eigenvalue weighted by Gasteiger charge is -2.06. The van der Waals surface area contributed by atoms with Crippen LogP contribution in [0.3, 0.4) is 0 Å². The maximum absolute atomic E-state index is 12.7.